The molecule has 3 rings (SSSR count). The summed E-state index contributed by atoms with van der Waals surface area (Å²) in [5.41, 5.74) is 0.926. The first kappa shape index (κ1) is 18.0. The second-order valence-corrected chi connectivity index (χ2v) is 6.64. The Balaban J connectivity index is 1.94. The molecular weight excluding hydrogens is 348 g/mol. The third-order valence-corrected chi connectivity index (χ3v) is 4.77. The van der Waals surface area contributed by atoms with Crippen molar-refractivity contribution in [2.45, 2.75) is 24.9 Å². The molecule has 1 N–H and O–H groups in total. The van der Waals surface area contributed by atoms with Gasteiger partial charge in [0, 0.05) is 35.0 Å². The predicted molar refractivity (Wildman–Crippen MR) is 102 cm³/mol. The van der Waals surface area contributed by atoms with Crippen molar-refractivity contribution < 1.29 is 9.53 Å². The normalized spacial score (nSPS) is 14.3. The summed E-state index contributed by atoms with van der Waals surface area (Å²) in [6.45, 7) is 1.59. The second kappa shape index (κ2) is 7.63. The van der Waals surface area contributed by atoms with Crippen LogP contribution in [0.2, 0.25) is 0 Å². The number of carbonyl (C=O) groups excluding carboxylic acids is 1. The van der Waals surface area contributed by atoms with Crippen molar-refractivity contribution in [3.8, 4) is 6.07 Å². The summed E-state index contributed by atoms with van der Waals surface area (Å²) in [4.78, 5) is 16.1. The molecule has 3 aromatic rings. The molecule has 0 spiro atoms. The number of aromatic amines is 1. The lowest BCUT2D eigenvalue weighted by Crippen LogP contribution is -2.34. The molecule has 5 heteroatoms. The van der Waals surface area contributed by atoms with E-state index in [0.29, 0.717) is 17.9 Å². The number of ether oxygens (including phenoxy) is 1. The maximum Gasteiger partial charge on any atom is 0.331 e. The molecule has 2 aromatic carbocycles. The third kappa shape index (κ3) is 3.31. The molecule has 0 amide bonds. The van der Waals surface area contributed by atoms with Crippen LogP contribution in [0.15, 0.2) is 60.8 Å². The van der Waals surface area contributed by atoms with Gasteiger partial charge in [0.2, 0.25) is 0 Å². The summed E-state index contributed by atoms with van der Waals surface area (Å²) in [6.07, 6.45) is 1.69. The number of H-pyrrole nitrogens is 1. The molecule has 2 atom stereocenters. The van der Waals surface area contributed by atoms with E-state index in [9.17, 15) is 10.1 Å². The first-order valence-corrected chi connectivity index (χ1v) is 8.93. The molecule has 0 saturated carbocycles. The lowest BCUT2D eigenvalue weighted by atomic mass is 9.83. The van der Waals surface area contributed by atoms with Gasteiger partial charge in [-0.15, -0.1) is 11.6 Å². The van der Waals surface area contributed by atoms with Crippen LogP contribution < -0.4 is 0 Å². The smallest absolute Gasteiger partial charge is 0.331 e. The Labute approximate surface area is 157 Å². The largest absolute Gasteiger partial charge is 0.456 e. The molecule has 132 valence electrons. The number of aromatic nitrogens is 1. The lowest BCUT2D eigenvalue weighted by molar-refractivity contribution is -0.153. The minimum absolute atomic E-state index is 0.350. The summed E-state index contributed by atoms with van der Waals surface area (Å²) in [6, 6.07) is 19.2. The van der Waals surface area contributed by atoms with Crippen molar-refractivity contribution in [3.63, 3.8) is 0 Å². The highest BCUT2D eigenvalue weighted by Crippen LogP contribution is 2.34. The van der Waals surface area contributed by atoms with Crippen LogP contribution in [-0.4, -0.2) is 16.8 Å². The van der Waals surface area contributed by atoms with Gasteiger partial charge in [0.1, 0.15) is 6.10 Å². The minimum Gasteiger partial charge on any atom is -0.456 e. The van der Waals surface area contributed by atoms with Crippen LogP contribution >= 0.6 is 11.6 Å². The first-order chi connectivity index (χ1) is 12.6. The number of nitriles is 1. The average molecular weight is 367 g/mol. The molecule has 0 aliphatic heterocycles. The van der Waals surface area contributed by atoms with Gasteiger partial charge in [0.15, 0.2) is 5.41 Å². The van der Waals surface area contributed by atoms with E-state index in [1.54, 1.807) is 13.1 Å². The number of esters is 1. The molecule has 1 aromatic heterocycles. The van der Waals surface area contributed by atoms with Crippen LogP contribution in [0.3, 0.4) is 0 Å². The van der Waals surface area contributed by atoms with E-state index in [0.717, 1.165) is 16.5 Å². The van der Waals surface area contributed by atoms with Crippen LogP contribution in [0, 0.1) is 11.3 Å². The van der Waals surface area contributed by atoms with Gasteiger partial charge in [0.05, 0.1) is 6.07 Å². The molecule has 0 saturated heterocycles. The van der Waals surface area contributed by atoms with Gasteiger partial charge in [-0.2, -0.15) is 5.26 Å². The van der Waals surface area contributed by atoms with E-state index in [-0.39, 0.29) is 0 Å². The van der Waals surface area contributed by atoms with Crippen LogP contribution in [0.5, 0.6) is 0 Å². The number of para-hydroxylation sites is 1. The SMILES string of the molecule is C[C@](C#N)(C(=O)O[C@H](CCCl)c1ccccc1)c1c[nH]c2ccccc12. The summed E-state index contributed by atoms with van der Waals surface area (Å²) >= 11 is 5.89. The van der Waals surface area contributed by atoms with Crippen LogP contribution in [-0.2, 0) is 14.9 Å². The Morgan fingerprint density at radius 2 is 1.92 bits per heavy atom. The van der Waals surface area contributed by atoms with Crippen molar-refractivity contribution in [1.29, 1.82) is 5.26 Å². The van der Waals surface area contributed by atoms with Gasteiger partial charge in [-0.3, -0.25) is 0 Å². The van der Waals surface area contributed by atoms with Crippen molar-refractivity contribution in [2.24, 2.45) is 0 Å². The van der Waals surface area contributed by atoms with Crippen molar-refractivity contribution >= 4 is 28.5 Å². The van der Waals surface area contributed by atoms with E-state index < -0.39 is 17.5 Å². The first-order valence-electron chi connectivity index (χ1n) is 8.40. The fourth-order valence-electron chi connectivity index (χ4n) is 3.01. The highest BCUT2D eigenvalue weighted by atomic mass is 35.5. The number of fused-ring (bicyclic) bond motifs is 1. The second-order valence-electron chi connectivity index (χ2n) is 6.27. The minimum atomic E-state index is -1.42. The quantitative estimate of drug-likeness (QED) is 0.500. The van der Waals surface area contributed by atoms with Gasteiger partial charge in [-0.05, 0) is 18.6 Å². The molecule has 1 heterocycles. The number of nitrogens with zero attached hydrogens (tertiary/aromatic N) is 1. The average Bonchev–Trinajstić information content (AvgIpc) is 3.12. The summed E-state index contributed by atoms with van der Waals surface area (Å²) in [7, 11) is 0. The maximum atomic E-state index is 13.0. The number of hydrogen-bond acceptors (Lipinski definition) is 3. The van der Waals surface area contributed by atoms with Crippen molar-refractivity contribution in [3.05, 3.63) is 71.9 Å². The number of halogens is 1. The number of alkyl halides is 1. The fourth-order valence-corrected chi connectivity index (χ4v) is 3.21. The molecule has 0 aliphatic rings. The zero-order chi connectivity index (χ0) is 18.6. The Hall–Kier alpha value is -2.77. The lowest BCUT2D eigenvalue weighted by Gasteiger charge is -2.24. The molecule has 0 unspecified atom stereocenters. The highest BCUT2D eigenvalue weighted by molar-refractivity contribution is 6.17. The summed E-state index contributed by atoms with van der Waals surface area (Å²) in [5.74, 6) is -0.229. The fraction of sp³-hybridized carbons (Fsp3) is 0.238. The Kier molecular flexibility index (Phi) is 5.29. The zero-order valence-corrected chi connectivity index (χ0v) is 15.2. The molecule has 0 fully saturated rings. The van der Waals surface area contributed by atoms with Gasteiger partial charge in [0.25, 0.3) is 0 Å². The molecular formula is C21H19ClN2O2. The number of nitrogens with one attached hydrogen (secondary N) is 1. The van der Waals surface area contributed by atoms with Crippen molar-refractivity contribution in [1.82, 2.24) is 4.98 Å². The Morgan fingerprint density at radius 1 is 1.23 bits per heavy atom. The highest BCUT2D eigenvalue weighted by Gasteiger charge is 2.40. The van der Waals surface area contributed by atoms with E-state index >= 15 is 0 Å². The van der Waals surface area contributed by atoms with Gasteiger partial charge in [-0.1, -0.05) is 48.5 Å². The maximum absolute atomic E-state index is 13.0. The number of benzene rings is 2. The molecule has 4 nitrogen and oxygen atoms in total. The van der Waals surface area contributed by atoms with Crippen LogP contribution in [0.4, 0.5) is 0 Å². The van der Waals surface area contributed by atoms with Crippen LogP contribution in [0.1, 0.15) is 30.6 Å². The standard InChI is InChI=1S/C21H19ClN2O2/c1-21(14-23,17-13-24-18-10-6-5-9-16(17)18)20(25)26-19(11-12-22)15-7-3-2-4-8-15/h2-10,13,19,24H,11-12H2,1H3/t19-,21-/m1/s1. The number of rotatable bonds is 6. The number of carbonyl (C=O) groups is 1. The molecule has 26 heavy (non-hydrogen) atoms. The van der Waals surface area contributed by atoms with E-state index in [4.69, 9.17) is 16.3 Å². The van der Waals surface area contributed by atoms with E-state index in [2.05, 4.69) is 11.1 Å². The topological polar surface area (TPSA) is 65.9 Å². The summed E-state index contributed by atoms with van der Waals surface area (Å²) < 4.78 is 5.75. The Bertz CT molecular complexity index is 945. The Morgan fingerprint density at radius 3 is 2.62 bits per heavy atom. The van der Waals surface area contributed by atoms with Gasteiger partial charge < -0.3 is 9.72 Å². The third-order valence-electron chi connectivity index (χ3n) is 4.55. The van der Waals surface area contributed by atoms with Crippen LogP contribution in [0.25, 0.3) is 10.9 Å². The van der Waals surface area contributed by atoms with Gasteiger partial charge in [-0.25, -0.2) is 4.79 Å². The van der Waals surface area contributed by atoms with E-state index in [1.165, 1.54) is 0 Å². The monoisotopic (exact) mass is 366 g/mol. The molecule has 0 radical (unpaired) electrons. The zero-order valence-electron chi connectivity index (χ0n) is 14.4. The van der Waals surface area contributed by atoms with E-state index in [1.807, 2.05) is 54.6 Å². The predicted octanol–water partition coefficient (Wildman–Crippen LogP) is 4.86. The molecule has 0 aliphatic carbocycles. The van der Waals surface area contributed by atoms with Gasteiger partial charge >= 0.3 is 5.97 Å². The molecule has 0 bridgehead atoms. The number of hydrogen-bond donors (Lipinski definition) is 1. The van der Waals surface area contributed by atoms with Crippen molar-refractivity contribution in [2.75, 3.05) is 5.88 Å². The summed E-state index contributed by atoms with van der Waals surface area (Å²) in [5, 5.41) is 10.6.